The number of benzene rings is 1. The lowest BCUT2D eigenvalue weighted by Gasteiger charge is -2.57. The maximum absolute atomic E-state index is 13.9. The van der Waals surface area contributed by atoms with Gasteiger partial charge in [0.05, 0.1) is 17.2 Å². The van der Waals surface area contributed by atoms with Gasteiger partial charge in [0.1, 0.15) is 0 Å². The molecule has 0 aromatic heterocycles. The highest BCUT2D eigenvalue weighted by Crippen LogP contribution is 2.60. The molecule has 6 heteroatoms. The number of rotatable bonds is 3. The number of halogens is 1. The molecule has 1 heterocycles. The fourth-order valence-corrected chi connectivity index (χ4v) is 7.80. The topological polar surface area (TPSA) is 54.5 Å². The zero-order chi connectivity index (χ0) is 18.8. The van der Waals surface area contributed by atoms with Crippen LogP contribution >= 0.6 is 11.6 Å². The van der Waals surface area contributed by atoms with E-state index in [-0.39, 0.29) is 17.1 Å². The van der Waals surface area contributed by atoms with Crippen LogP contribution in [0.1, 0.15) is 38.5 Å². The van der Waals surface area contributed by atoms with Crippen molar-refractivity contribution in [2.45, 2.75) is 44.6 Å². The van der Waals surface area contributed by atoms with E-state index < -0.39 is 15.9 Å². The van der Waals surface area contributed by atoms with Crippen molar-refractivity contribution in [1.29, 1.82) is 0 Å². The van der Waals surface area contributed by atoms with Gasteiger partial charge in [-0.3, -0.25) is 4.79 Å². The van der Waals surface area contributed by atoms with Crippen molar-refractivity contribution in [3.05, 3.63) is 40.8 Å². The van der Waals surface area contributed by atoms with Gasteiger partial charge < -0.3 is 4.90 Å². The molecular formula is C21H24ClNO3S. The highest BCUT2D eigenvalue weighted by Gasteiger charge is 2.56. The van der Waals surface area contributed by atoms with Crippen LogP contribution in [0.4, 0.5) is 5.69 Å². The molecule has 5 aliphatic rings. The van der Waals surface area contributed by atoms with E-state index in [1.54, 1.807) is 23.1 Å². The number of anilines is 1. The number of carbonyl (C=O) groups is 1. The van der Waals surface area contributed by atoms with E-state index in [1.807, 2.05) is 12.1 Å². The summed E-state index contributed by atoms with van der Waals surface area (Å²) in [5.41, 5.74) is 0.432. The maximum Gasteiger partial charge on any atom is 0.233 e. The molecule has 27 heavy (non-hydrogen) atoms. The Hall–Kier alpha value is -1.33. The number of hydrogen-bond donors (Lipinski definition) is 0. The standard InChI is InChI=1S/C21H24ClNO3S/c22-17-1-3-18(4-2-17)23(19-5-6-27(25,26)13-19)20(24)21-10-14-7-15(11-21)9-16(8-14)12-21/h1-6,14-16,19H,7-13H2. The molecule has 0 saturated heterocycles. The summed E-state index contributed by atoms with van der Waals surface area (Å²) < 4.78 is 24.1. The normalized spacial score (nSPS) is 38.3. The number of amides is 1. The van der Waals surface area contributed by atoms with Gasteiger partial charge in [-0.25, -0.2) is 8.42 Å². The Balaban J connectivity index is 1.53. The third kappa shape index (κ3) is 3.03. The van der Waals surface area contributed by atoms with Crippen molar-refractivity contribution in [3.63, 3.8) is 0 Å². The second-order valence-electron chi connectivity index (χ2n) is 9.07. The van der Waals surface area contributed by atoms with Gasteiger partial charge in [-0.1, -0.05) is 11.6 Å². The lowest BCUT2D eigenvalue weighted by molar-refractivity contribution is -0.143. The van der Waals surface area contributed by atoms with Crippen LogP contribution in [0.3, 0.4) is 0 Å². The van der Waals surface area contributed by atoms with Crippen molar-refractivity contribution < 1.29 is 13.2 Å². The summed E-state index contributed by atoms with van der Waals surface area (Å²) in [7, 11) is -3.25. The van der Waals surface area contributed by atoms with Gasteiger partial charge in [-0.15, -0.1) is 0 Å². The van der Waals surface area contributed by atoms with Crippen LogP contribution < -0.4 is 4.90 Å². The number of nitrogens with zero attached hydrogens (tertiary/aromatic N) is 1. The van der Waals surface area contributed by atoms with Gasteiger partial charge in [0.2, 0.25) is 5.91 Å². The van der Waals surface area contributed by atoms with E-state index in [2.05, 4.69) is 0 Å². The summed E-state index contributed by atoms with van der Waals surface area (Å²) in [5.74, 6) is 2.07. The first-order valence-corrected chi connectivity index (χ1v) is 11.9. The van der Waals surface area contributed by atoms with Gasteiger partial charge >= 0.3 is 0 Å². The van der Waals surface area contributed by atoms with Crippen LogP contribution in [0.5, 0.6) is 0 Å². The van der Waals surface area contributed by atoms with Gasteiger partial charge in [0.15, 0.2) is 9.84 Å². The molecule has 4 aliphatic carbocycles. The lowest BCUT2D eigenvalue weighted by Crippen LogP contribution is -2.57. The first-order chi connectivity index (χ1) is 12.8. The Kier molecular flexibility index (Phi) is 4.00. The molecule has 1 amide bonds. The zero-order valence-electron chi connectivity index (χ0n) is 15.2. The molecule has 4 saturated carbocycles. The Morgan fingerprint density at radius 3 is 2.04 bits per heavy atom. The van der Waals surface area contributed by atoms with Crippen LogP contribution in [0.25, 0.3) is 0 Å². The molecule has 1 aliphatic heterocycles. The average molecular weight is 406 g/mol. The summed E-state index contributed by atoms with van der Waals surface area (Å²) >= 11 is 6.04. The Labute approximate surface area is 165 Å². The van der Waals surface area contributed by atoms with Gasteiger partial charge in [-0.2, -0.15) is 0 Å². The largest absolute Gasteiger partial charge is 0.304 e. The SMILES string of the molecule is O=C(N(c1ccc(Cl)cc1)C1C=CS(=O)(=O)C1)C12CC3CC(CC(C3)C1)C2. The fourth-order valence-electron chi connectivity index (χ4n) is 6.41. The zero-order valence-corrected chi connectivity index (χ0v) is 16.8. The van der Waals surface area contributed by atoms with Crippen molar-refractivity contribution in [2.24, 2.45) is 23.2 Å². The predicted molar refractivity (Wildman–Crippen MR) is 106 cm³/mol. The number of sulfone groups is 1. The lowest BCUT2D eigenvalue weighted by atomic mass is 9.49. The Morgan fingerprint density at radius 2 is 1.56 bits per heavy atom. The summed E-state index contributed by atoms with van der Waals surface area (Å²) in [6.45, 7) is 0. The highest BCUT2D eigenvalue weighted by molar-refractivity contribution is 7.94. The van der Waals surface area contributed by atoms with Crippen molar-refractivity contribution >= 4 is 33.0 Å². The molecule has 1 atom stereocenters. The first-order valence-electron chi connectivity index (χ1n) is 9.84. The maximum atomic E-state index is 13.9. The Morgan fingerprint density at radius 1 is 1.00 bits per heavy atom. The van der Waals surface area contributed by atoms with Crippen molar-refractivity contribution in [1.82, 2.24) is 0 Å². The van der Waals surface area contributed by atoms with Gasteiger partial charge in [0, 0.05) is 16.1 Å². The van der Waals surface area contributed by atoms with Crippen LogP contribution in [0.15, 0.2) is 35.7 Å². The summed E-state index contributed by atoms with van der Waals surface area (Å²) in [6.07, 6.45) is 8.37. The molecule has 1 aromatic rings. The summed E-state index contributed by atoms with van der Waals surface area (Å²) in [4.78, 5) is 15.7. The van der Waals surface area contributed by atoms with Crippen LogP contribution in [0, 0.1) is 23.2 Å². The minimum absolute atomic E-state index is 0.0340. The molecule has 144 valence electrons. The number of carbonyl (C=O) groups excluding carboxylic acids is 1. The first kappa shape index (κ1) is 17.7. The smallest absolute Gasteiger partial charge is 0.233 e. The van der Waals surface area contributed by atoms with Crippen LogP contribution in [-0.2, 0) is 14.6 Å². The third-order valence-corrected chi connectivity index (χ3v) is 8.69. The summed E-state index contributed by atoms with van der Waals surface area (Å²) in [5, 5.41) is 1.86. The molecule has 4 fully saturated rings. The molecule has 1 aromatic carbocycles. The van der Waals surface area contributed by atoms with Gasteiger partial charge in [0.25, 0.3) is 0 Å². The van der Waals surface area contributed by atoms with Crippen LogP contribution in [-0.4, -0.2) is 26.1 Å². The molecule has 0 spiro atoms. The van der Waals surface area contributed by atoms with E-state index in [1.165, 1.54) is 24.7 Å². The Bertz CT molecular complexity index is 871. The average Bonchev–Trinajstić information content (AvgIpc) is 2.95. The van der Waals surface area contributed by atoms with E-state index in [9.17, 15) is 13.2 Å². The van der Waals surface area contributed by atoms with Crippen molar-refractivity contribution in [2.75, 3.05) is 10.7 Å². The van der Waals surface area contributed by atoms with Gasteiger partial charge in [-0.05, 0) is 86.6 Å². The van der Waals surface area contributed by atoms with E-state index in [4.69, 9.17) is 11.6 Å². The second-order valence-corrected chi connectivity index (χ2v) is 11.4. The third-order valence-electron chi connectivity index (χ3n) is 7.06. The number of hydrogen-bond acceptors (Lipinski definition) is 3. The second kappa shape index (κ2) is 6.08. The molecule has 4 bridgehead atoms. The summed E-state index contributed by atoms with van der Waals surface area (Å²) in [6, 6.07) is 6.77. The predicted octanol–water partition coefficient (Wildman–Crippen LogP) is 4.20. The molecule has 4 nitrogen and oxygen atoms in total. The molecule has 1 unspecified atom stereocenters. The van der Waals surface area contributed by atoms with Crippen LogP contribution in [0.2, 0.25) is 5.02 Å². The van der Waals surface area contributed by atoms with E-state index in [0.717, 1.165) is 24.9 Å². The minimum atomic E-state index is -3.25. The minimum Gasteiger partial charge on any atom is -0.304 e. The molecular weight excluding hydrogens is 382 g/mol. The highest BCUT2D eigenvalue weighted by atomic mass is 35.5. The van der Waals surface area contributed by atoms with E-state index in [0.29, 0.717) is 22.8 Å². The molecule has 0 N–H and O–H groups in total. The molecule has 0 radical (unpaired) electrons. The quantitative estimate of drug-likeness (QED) is 0.757. The van der Waals surface area contributed by atoms with Crippen molar-refractivity contribution in [3.8, 4) is 0 Å². The monoisotopic (exact) mass is 405 g/mol. The fraction of sp³-hybridized carbons (Fsp3) is 0.571. The molecule has 6 rings (SSSR count). The van der Waals surface area contributed by atoms with E-state index >= 15 is 0 Å².